The number of nitrogens with one attached hydrogen (secondary N) is 1. The van der Waals surface area contributed by atoms with Crippen LogP contribution in [0.3, 0.4) is 0 Å². The zero-order valence-electron chi connectivity index (χ0n) is 10.1. The molecule has 0 aliphatic carbocycles. The minimum absolute atomic E-state index is 0. The number of hydrogen-bond donors (Lipinski definition) is 2. The van der Waals surface area contributed by atoms with E-state index in [0.717, 1.165) is 33.8 Å². The molecule has 0 aliphatic heterocycles. The van der Waals surface area contributed by atoms with Gasteiger partial charge in [0.15, 0.2) is 0 Å². The third-order valence-electron chi connectivity index (χ3n) is 2.47. The number of aromatic amines is 1. The van der Waals surface area contributed by atoms with Crippen molar-refractivity contribution in [1.82, 2.24) is 4.98 Å². The summed E-state index contributed by atoms with van der Waals surface area (Å²) >= 11 is -0.859. The van der Waals surface area contributed by atoms with Gasteiger partial charge in [-0.1, -0.05) is 0 Å². The van der Waals surface area contributed by atoms with Crippen molar-refractivity contribution in [1.29, 1.82) is 0 Å². The monoisotopic (exact) mass is 312 g/mol. The second-order valence-electron chi connectivity index (χ2n) is 3.71. The Morgan fingerprint density at radius 3 is 2.72 bits per heavy atom. The molecule has 1 aromatic carbocycles. The molecule has 1 heterocycles. The number of aromatic nitrogens is 1. The zero-order chi connectivity index (χ0) is 12.3. The molecule has 0 bridgehead atoms. The second kappa shape index (κ2) is 6.82. The van der Waals surface area contributed by atoms with E-state index in [1.54, 1.807) is 0 Å². The van der Waals surface area contributed by atoms with Crippen molar-refractivity contribution in [2.24, 2.45) is 0 Å². The van der Waals surface area contributed by atoms with Crippen LogP contribution in [0.25, 0.3) is 10.9 Å². The van der Waals surface area contributed by atoms with E-state index in [2.05, 4.69) is 11.9 Å². The van der Waals surface area contributed by atoms with E-state index in [9.17, 15) is 9.90 Å². The van der Waals surface area contributed by atoms with Crippen molar-refractivity contribution < 1.29 is 23.3 Å². The van der Waals surface area contributed by atoms with Crippen LogP contribution < -0.4 is 4.66 Å². The molecule has 5 heteroatoms. The minimum atomic E-state index is -0.859. The summed E-state index contributed by atoms with van der Waals surface area (Å²) in [6.07, 6.45) is 1.98. The van der Waals surface area contributed by atoms with Crippen LogP contribution in [0.1, 0.15) is 19.8 Å². The van der Waals surface area contributed by atoms with Crippen LogP contribution in [-0.2, 0) is 13.4 Å². The van der Waals surface area contributed by atoms with Gasteiger partial charge in [0.1, 0.15) is 0 Å². The Labute approximate surface area is 117 Å². The first-order valence-electron chi connectivity index (χ1n) is 5.58. The predicted molar refractivity (Wildman–Crippen MR) is 72.9 cm³/mol. The van der Waals surface area contributed by atoms with Crippen molar-refractivity contribution in [3.63, 3.8) is 0 Å². The molecule has 1 aromatic heterocycles. The van der Waals surface area contributed by atoms with Crippen molar-refractivity contribution in [3.05, 3.63) is 30.3 Å². The van der Waals surface area contributed by atoms with Crippen LogP contribution in [-0.4, -0.2) is 15.0 Å². The number of benzene rings is 1. The molecule has 18 heavy (non-hydrogen) atoms. The molecular formula is C13H17ClNNiO2. The Morgan fingerprint density at radius 1 is 1.39 bits per heavy atom. The van der Waals surface area contributed by atoms with Gasteiger partial charge in [-0.05, 0) is 0 Å². The van der Waals surface area contributed by atoms with E-state index < -0.39 is 18.4 Å². The molecule has 0 aliphatic rings. The fourth-order valence-electron chi connectivity index (χ4n) is 1.57. The largest absolute Gasteiger partial charge is 0.147 e. The maximum Gasteiger partial charge on any atom is -0.147 e. The summed E-state index contributed by atoms with van der Waals surface area (Å²) in [4.78, 5) is 13.8. The van der Waals surface area contributed by atoms with Gasteiger partial charge in [-0.3, -0.25) is 0 Å². The Kier molecular flexibility index (Phi) is 5.71. The van der Waals surface area contributed by atoms with Gasteiger partial charge in [-0.25, -0.2) is 0 Å². The molecule has 0 radical (unpaired) electrons. The number of hydrogen-bond acceptors (Lipinski definition) is 1. The van der Waals surface area contributed by atoms with Gasteiger partial charge in [-0.2, -0.15) is 0 Å². The summed E-state index contributed by atoms with van der Waals surface area (Å²) in [6, 6.07) is 9.86. The van der Waals surface area contributed by atoms with Crippen LogP contribution in [0.2, 0.25) is 5.39 Å². The molecule has 2 rings (SSSR count). The van der Waals surface area contributed by atoms with E-state index in [1.807, 2.05) is 30.3 Å². The van der Waals surface area contributed by atoms with Crippen LogP contribution in [0.5, 0.6) is 0 Å². The summed E-state index contributed by atoms with van der Waals surface area (Å²) in [5.41, 5.74) is 1.02. The maximum absolute atomic E-state index is 11.3. The average Bonchev–Trinajstić information content (AvgIpc) is 2.72. The predicted octanol–water partition coefficient (Wildman–Crippen LogP) is 3.73. The number of rotatable bonds is 5. The summed E-state index contributed by atoms with van der Waals surface area (Å²) in [7, 11) is 0. The molecule has 3 nitrogen and oxygen atoms in total. The first kappa shape index (κ1) is 15.1. The summed E-state index contributed by atoms with van der Waals surface area (Å²) in [5.74, 6) is 0. The quantitative estimate of drug-likeness (QED) is 0.826. The summed E-state index contributed by atoms with van der Waals surface area (Å²) in [5, 5.41) is 11.1. The van der Waals surface area contributed by atoms with E-state index in [-0.39, 0.29) is 12.4 Å². The first-order chi connectivity index (χ1) is 8.22. The third kappa shape index (κ3) is 3.27. The number of carbonyl (C=O) groups is 1. The Bertz CT molecular complexity index is 493. The molecule has 0 atom stereocenters. The standard InChI is InChI=1S/C8H6N.C4H9.CHO2.ClH.Ni/c1-2-4-8-7(3-1)5-6-9-8;1-3-4-2;2-1-3;;/h1-5,9H;1,3-4H2,2H3;(H,2,3);1H;. The molecule has 0 unspecified atom stereocenters. The Morgan fingerprint density at radius 2 is 2.11 bits per heavy atom. The second-order valence-corrected chi connectivity index (χ2v) is 6.11. The van der Waals surface area contributed by atoms with E-state index >= 15 is 0 Å². The number of carboxylic acid groups (broad SMARTS) is 1. The number of fused-ring (bicyclic) bond motifs is 1. The smallest absolute Gasteiger partial charge is 0.147 e. The molecule has 0 fully saturated rings. The van der Waals surface area contributed by atoms with E-state index in [0.29, 0.717) is 0 Å². The molecule has 103 valence electrons. The van der Waals surface area contributed by atoms with Gasteiger partial charge in [-0.15, -0.1) is 12.4 Å². The third-order valence-corrected chi connectivity index (χ3v) is 4.73. The Hall–Kier alpha value is -0.986. The van der Waals surface area contributed by atoms with Gasteiger partial charge in [0.25, 0.3) is 0 Å². The summed E-state index contributed by atoms with van der Waals surface area (Å²) < 4.78 is 0.854. The average molecular weight is 313 g/mol. The fraction of sp³-hybridized carbons (Fsp3) is 0.308. The van der Waals surface area contributed by atoms with E-state index in [1.165, 1.54) is 0 Å². The maximum atomic E-state index is 11.3. The van der Waals surface area contributed by atoms with Crippen LogP contribution in [0, 0.1) is 0 Å². The van der Waals surface area contributed by atoms with Crippen LogP contribution in [0.4, 0.5) is 4.79 Å². The van der Waals surface area contributed by atoms with Crippen LogP contribution >= 0.6 is 12.4 Å². The van der Waals surface area contributed by atoms with Gasteiger partial charge in [0, 0.05) is 0 Å². The van der Waals surface area contributed by atoms with Crippen molar-refractivity contribution in [3.8, 4) is 0 Å². The number of halogens is 1. The molecule has 0 saturated heterocycles. The van der Waals surface area contributed by atoms with Crippen molar-refractivity contribution >= 4 is 32.9 Å². The molecule has 0 spiro atoms. The molecular weight excluding hydrogens is 296 g/mol. The topological polar surface area (TPSA) is 53.1 Å². The number of unbranched alkanes of at least 4 members (excludes halogenated alkanes) is 1. The van der Waals surface area contributed by atoms with Crippen molar-refractivity contribution in [2.45, 2.75) is 25.2 Å². The van der Waals surface area contributed by atoms with Gasteiger partial charge < -0.3 is 0 Å². The van der Waals surface area contributed by atoms with Crippen molar-refractivity contribution in [2.75, 3.05) is 0 Å². The molecule has 0 amide bonds. The number of para-hydroxylation sites is 1. The van der Waals surface area contributed by atoms with Crippen LogP contribution in [0.15, 0.2) is 30.3 Å². The first-order valence-corrected chi connectivity index (χ1v) is 7.27. The fourth-order valence-corrected chi connectivity index (χ4v) is 3.58. The molecule has 0 saturated carbocycles. The van der Waals surface area contributed by atoms with Gasteiger partial charge in [0.05, 0.1) is 0 Å². The van der Waals surface area contributed by atoms with E-state index in [4.69, 9.17) is 0 Å². The molecule has 2 N–H and O–H groups in total. The SMILES string of the molecule is CCC[CH2][Ni]([C](=O)O)[c]1cc2ccccc2[nH]1.Cl. The van der Waals surface area contributed by atoms with Gasteiger partial charge in [0.2, 0.25) is 0 Å². The van der Waals surface area contributed by atoms with Gasteiger partial charge >= 0.3 is 104 Å². The normalized spacial score (nSPS) is 11.1. The zero-order valence-corrected chi connectivity index (χ0v) is 11.9. The minimum Gasteiger partial charge on any atom is -0.147 e. The number of H-pyrrole nitrogens is 1. The summed E-state index contributed by atoms with van der Waals surface area (Å²) in [6.45, 7) is 2.08. The Balaban J connectivity index is 0.00000162. The molecule has 2 aromatic rings.